The molecular formula is C8H9NO4. The summed E-state index contributed by atoms with van der Waals surface area (Å²) in [6.07, 6.45) is 0.795. The van der Waals surface area contributed by atoms with Crippen LogP contribution in [0.4, 0.5) is 0 Å². The molecule has 0 saturated carbocycles. The highest BCUT2D eigenvalue weighted by atomic mass is 16.5. The van der Waals surface area contributed by atoms with Gasteiger partial charge in [0.05, 0.1) is 13.0 Å². The molecule has 0 unspecified atom stereocenters. The van der Waals surface area contributed by atoms with E-state index in [0.717, 1.165) is 6.21 Å². The molecule has 0 aliphatic carbocycles. The van der Waals surface area contributed by atoms with E-state index in [2.05, 4.69) is 9.73 Å². The van der Waals surface area contributed by atoms with Crippen LogP contribution in [0.1, 0.15) is 13.3 Å². The highest BCUT2D eigenvalue weighted by molar-refractivity contribution is 6.14. The number of hydrogen-bond acceptors (Lipinski definition) is 4. The molecule has 0 spiro atoms. The number of ether oxygens (including phenoxy) is 1. The molecule has 0 aromatic heterocycles. The number of aliphatic imine (C=N–C) groups is 1. The summed E-state index contributed by atoms with van der Waals surface area (Å²) in [5, 5.41) is 9.20. The van der Waals surface area contributed by atoms with Gasteiger partial charge in [0, 0.05) is 6.21 Å². The number of hydrogen-bond donors (Lipinski definition) is 1. The van der Waals surface area contributed by atoms with Gasteiger partial charge in [-0.1, -0.05) is 0 Å². The number of amides is 1. The Morgan fingerprint density at radius 1 is 1.77 bits per heavy atom. The maximum absolute atomic E-state index is 11.1. The summed E-state index contributed by atoms with van der Waals surface area (Å²) in [5.74, 6) is -1.40. The fourth-order valence-corrected chi connectivity index (χ4v) is 0.875. The Balaban J connectivity index is 2.80. The molecule has 1 rings (SSSR count). The Hall–Kier alpha value is -1.65. The molecule has 0 fully saturated rings. The Bertz CT molecular complexity index is 303. The van der Waals surface area contributed by atoms with Gasteiger partial charge in [0.25, 0.3) is 5.91 Å². The topological polar surface area (TPSA) is 76.0 Å². The van der Waals surface area contributed by atoms with Crippen LogP contribution in [0.2, 0.25) is 0 Å². The Labute approximate surface area is 74.7 Å². The van der Waals surface area contributed by atoms with Crippen LogP contribution in [-0.2, 0) is 14.3 Å². The first kappa shape index (κ1) is 9.44. The molecule has 5 heteroatoms. The maximum Gasteiger partial charge on any atom is 0.343 e. The molecule has 1 amide bonds. The monoisotopic (exact) mass is 183 g/mol. The second kappa shape index (κ2) is 3.84. The van der Waals surface area contributed by atoms with Crippen LogP contribution in [0.5, 0.6) is 0 Å². The first-order valence-corrected chi connectivity index (χ1v) is 3.81. The van der Waals surface area contributed by atoms with Gasteiger partial charge in [-0.2, -0.15) is 0 Å². The largest absolute Gasteiger partial charge is 0.511 e. The fourth-order valence-electron chi connectivity index (χ4n) is 0.875. The lowest BCUT2D eigenvalue weighted by molar-refractivity contribution is -0.138. The smallest absolute Gasteiger partial charge is 0.343 e. The quantitative estimate of drug-likeness (QED) is 0.627. The average Bonchev–Trinajstić information content (AvgIpc) is 2.04. The van der Waals surface area contributed by atoms with Crippen LogP contribution in [0.25, 0.3) is 0 Å². The molecule has 0 radical (unpaired) electrons. The van der Waals surface area contributed by atoms with E-state index >= 15 is 0 Å². The third-order valence-electron chi connectivity index (χ3n) is 1.46. The highest BCUT2D eigenvalue weighted by Gasteiger charge is 2.20. The summed E-state index contributed by atoms with van der Waals surface area (Å²) < 4.78 is 4.63. The van der Waals surface area contributed by atoms with Crippen molar-refractivity contribution in [3.05, 3.63) is 11.3 Å². The van der Waals surface area contributed by atoms with Gasteiger partial charge in [-0.05, 0) is 6.92 Å². The van der Waals surface area contributed by atoms with E-state index in [4.69, 9.17) is 0 Å². The molecule has 0 atom stereocenters. The van der Waals surface area contributed by atoms with Gasteiger partial charge in [-0.3, -0.25) is 4.79 Å². The lowest BCUT2D eigenvalue weighted by atomic mass is 10.1. The van der Waals surface area contributed by atoms with Crippen molar-refractivity contribution in [1.82, 2.24) is 0 Å². The Morgan fingerprint density at radius 2 is 2.46 bits per heavy atom. The SMILES string of the molecule is CCOC(=O)C1=C(O)CC(=O)N=C1. The van der Waals surface area contributed by atoms with Crippen molar-refractivity contribution in [2.45, 2.75) is 13.3 Å². The molecule has 1 aliphatic rings. The van der Waals surface area contributed by atoms with Crippen molar-refractivity contribution in [3.63, 3.8) is 0 Å². The van der Waals surface area contributed by atoms with Gasteiger partial charge in [0.1, 0.15) is 11.3 Å². The molecule has 13 heavy (non-hydrogen) atoms. The van der Waals surface area contributed by atoms with Gasteiger partial charge >= 0.3 is 5.97 Å². The minimum Gasteiger partial charge on any atom is -0.511 e. The number of carbonyl (C=O) groups excluding carboxylic acids is 2. The van der Waals surface area contributed by atoms with Crippen LogP contribution in [-0.4, -0.2) is 29.8 Å². The third-order valence-corrected chi connectivity index (χ3v) is 1.46. The number of carbonyl (C=O) groups is 2. The molecule has 0 aromatic rings. The summed E-state index contributed by atoms with van der Waals surface area (Å²) in [6, 6.07) is 0. The van der Waals surface area contributed by atoms with Crippen molar-refractivity contribution < 1.29 is 19.4 Å². The minimum absolute atomic E-state index is 0.0403. The number of aliphatic hydroxyl groups is 1. The molecular weight excluding hydrogens is 174 g/mol. The normalized spacial score (nSPS) is 16.2. The summed E-state index contributed by atoms with van der Waals surface area (Å²) in [6.45, 7) is 1.87. The zero-order valence-electron chi connectivity index (χ0n) is 7.11. The van der Waals surface area contributed by atoms with Crippen molar-refractivity contribution in [2.75, 3.05) is 6.61 Å². The summed E-state index contributed by atoms with van der Waals surface area (Å²) >= 11 is 0. The van der Waals surface area contributed by atoms with Gasteiger partial charge in [0.2, 0.25) is 0 Å². The molecule has 5 nitrogen and oxygen atoms in total. The van der Waals surface area contributed by atoms with Crippen LogP contribution >= 0.6 is 0 Å². The molecule has 1 heterocycles. The van der Waals surface area contributed by atoms with Gasteiger partial charge < -0.3 is 9.84 Å². The van der Waals surface area contributed by atoms with E-state index in [1.165, 1.54) is 0 Å². The number of rotatable bonds is 2. The van der Waals surface area contributed by atoms with Crippen LogP contribution in [0.15, 0.2) is 16.3 Å². The van der Waals surface area contributed by atoms with Crippen molar-refractivity contribution >= 4 is 18.1 Å². The summed E-state index contributed by atoms with van der Waals surface area (Å²) in [5.41, 5.74) is -0.0403. The predicted molar refractivity (Wildman–Crippen MR) is 44.4 cm³/mol. The second-order valence-corrected chi connectivity index (χ2v) is 2.41. The Kier molecular flexibility index (Phi) is 2.79. The third kappa shape index (κ3) is 2.14. The van der Waals surface area contributed by atoms with Gasteiger partial charge in [-0.25, -0.2) is 9.79 Å². The van der Waals surface area contributed by atoms with Crippen molar-refractivity contribution in [1.29, 1.82) is 0 Å². The highest BCUT2D eigenvalue weighted by Crippen LogP contribution is 2.11. The molecule has 1 aliphatic heterocycles. The van der Waals surface area contributed by atoms with Crippen LogP contribution in [0.3, 0.4) is 0 Å². The number of dihydropyridines is 1. The maximum atomic E-state index is 11.1. The van der Waals surface area contributed by atoms with E-state index in [1.807, 2.05) is 0 Å². The van der Waals surface area contributed by atoms with Crippen LogP contribution in [0, 0.1) is 0 Å². The number of esters is 1. The number of nitrogens with zero attached hydrogens (tertiary/aromatic N) is 1. The van der Waals surface area contributed by atoms with E-state index in [9.17, 15) is 14.7 Å². The fraction of sp³-hybridized carbons (Fsp3) is 0.375. The Morgan fingerprint density at radius 3 is 3.00 bits per heavy atom. The lowest BCUT2D eigenvalue weighted by Gasteiger charge is -2.07. The molecule has 0 bridgehead atoms. The average molecular weight is 183 g/mol. The van der Waals surface area contributed by atoms with Gasteiger partial charge in [0.15, 0.2) is 0 Å². The molecule has 0 saturated heterocycles. The molecule has 0 aromatic carbocycles. The first-order valence-electron chi connectivity index (χ1n) is 3.81. The predicted octanol–water partition coefficient (Wildman–Crippen LogP) is 0.363. The van der Waals surface area contributed by atoms with Crippen molar-refractivity contribution in [2.24, 2.45) is 4.99 Å². The van der Waals surface area contributed by atoms with E-state index in [-0.39, 0.29) is 24.4 Å². The summed E-state index contributed by atoms with van der Waals surface area (Å²) in [4.78, 5) is 25.1. The van der Waals surface area contributed by atoms with E-state index in [0.29, 0.717) is 0 Å². The second-order valence-electron chi connectivity index (χ2n) is 2.41. The van der Waals surface area contributed by atoms with E-state index < -0.39 is 11.9 Å². The summed E-state index contributed by atoms with van der Waals surface area (Å²) in [7, 11) is 0. The minimum atomic E-state index is -0.656. The lowest BCUT2D eigenvalue weighted by Crippen LogP contribution is -2.16. The first-order chi connectivity index (χ1) is 6.15. The zero-order chi connectivity index (χ0) is 9.84. The van der Waals surface area contributed by atoms with Crippen LogP contribution < -0.4 is 0 Å². The standard InChI is InChI=1S/C8H9NO4/c1-2-13-8(12)5-4-9-7(11)3-6(5)10/h4,10H,2-3H2,1H3. The molecule has 70 valence electrons. The van der Waals surface area contributed by atoms with E-state index in [1.54, 1.807) is 6.92 Å². The molecule has 1 N–H and O–H groups in total. The zero-order valence-corrected chi connectivity index (χ0v) is 7.11. The van der Waals surface area contributed by atoms with Gasteiger partial charge in [-0.15, -0.1) is 0 Å². The van der Waals surface area contributed by atoms with Crippen molar-refractivity contribution in [3.8, 4) is 0 Å². The number of aliphatic hydroxyl groups excluding tert-OH is 1.